The largest absolute Gasteiger partial charge is 0.295 e. The van der Waals surface area contributed by atoms with E-state index in [2.05, 4.69) is 39.5 Å². The minimum atomic E-state index is 0.953. The molecule has 0 spiro atoms. The molecule has 0 radical (unpaired) electrons. The number of hydrogen-bond donors (Lipinski definition) is 1. The number of aromatic nitrogens is 1. The fraction of sp³-hybridized carbons (Fsp3) is 0.444. The molecule has 2 heterocycles. The Morgan fingerprint density at radius 3 is 2.67 bits per heavy atom. The third-order valence-corrected chi connectivity index (χ3v) is 2.09. The molecular formula is C9H14N3+. The summed E-state index contributed by atoms with van der Waals surface area (Å²) in [4.78, 5) is 0. The lowest BCUT2D eigenvalue weighted by Crippen LogP contribution is -2.63. The number of rotatable bonds is 1. The highest BCUT2D eigenvalue weighted by Crippen LogP contribution is 1.88. The number of nitrogens with zero attached hydrogens (tertiary/aromatic N) is 2. The first kappa shape index (κ1) is 7.55. The van der Waals surface area contributed by atoms with Gasteiger partial charge in [0, 0.05) is 12.1 Å². The van der Waals surface area contributed by atoms with Gasteiger partial charge < -0.3 is 0 Å². The van der Waals surface area contributed by atoms with E-state index in [1.165, 1.54) is 6.42 Å². The molecule has 0 saturated carbocycles. The summed E-state index contributed by atoms with van der Waals surface area (Å²) >= 11 is 0. The summed E-state index contributed by atoms with van der Waals surface area (Å²) in [5, 5.41) is 5.62. The zero-order valence-electron chi connectivity index (χ0n) is 7.11. The van der Waals surface area contributed by atoms with Crippen molar-refractivity contribution in [3.8, 4) is 0 Å². The maximum atomic E-state index is 3.34. The van der Waals surface area contributed by atoms with Gasteiger partial charge >= 0.3 is 0 Å². The zero-order chi connectivity index (χ0) is 8.23. The van der Waals surface area contributed by atoms with Crippen LogP contribution in [0.25, 0.3) is 0 Å². The Labute approximate surface area is 72.6 Å². The van der Waals surface area contributed by atoms with E-state index in [1.807, 2.05) is 6.07 Å². The first-order valence-electron chi connectivity index (χ1n) is 4.39. The molecule has 1 aromatic rings. The summed E-state index contributed by atoms with van der Waals surface area (Å²) in [5.41, 5.74) is 0. The first-order chi connectivity index (χ1) is 5.97. The lowest BCUT2D eigenvalue weighted by atomic mass is 10.4. The molecule has 12 heavy (non-hydrogen) atoms. The Hall–Kier alpha value is -1.09. The van der Waals surface area contributed by atoms with Gasteiger partial charge in [-0.15, -0.1) is 0 Å². The minimum Gasteiger partial charge on any atom is -0.295 e. The second-order valence-electron chi connectivity index (χ2n) is 3.00. The van der Waals surface area contributed by atoms with E-state index in [0.717, 1.165) is 19.8 Å². The van der Waals surface area contributed by atoms with Gasteiger partial charge in [-0.1, -0.05) is 10.7 Å². The van der Waals surface area contributed by atoms with Crippen molar-refractivity contribution in [1.29, 1.82) is 0 Å². The van der Waals surface area contributed by atoms with E-state index in [4.69, 9.17) is 0 Å². The Bertz CT molecular complexity index is 229. The third kappa shape index (κ3) is 1.56. The smallest absolute Gasteiger partial charge is 0.199 e. The van der Waals surface area contributed by atoms with Crippen LogP contribution in [0.2, 0.25) is 0 Å². The van der Waals surface area contributed by atoms with E-state index in [1.54, 1.807) is 0 Å². The molecule has 0 amide bonds. The summed E-state index contributed by atoms with van der Waals surface area (Å²) in [6.07, 6.45) is 5.38. The van der Waals surface area contributed by atoms with Crippen molar-refractivity contribution < 1.29 is 4.68 Å². The van der Waals surface area contributed by atoms with Gasteiger partial charge in [0.15, 0.2) is 12.4 Å². The molecule has 3 nitrogen and oxygen atoms in total. The fourth-order valence-corrected chi connectivity index (χ4v) is 1.45. The molecular weight excluding hydrogens is 150 g/mol. The summed E-state index contributed by atoms with van der Waals surface area (Å²) in [5.74, 6) is 0. The molecule has 1 fully saturated rings. The van der Waals surface area contributed by atoms with Crippen molar-refractivity contribution in [3.05, 3.63) is 30.6 Å². The highest BCUT2D eigenvalue weighted by atomic mass is 15.6. The van der Waals surface area contributed by atoms with E-state index >= 15 is 0 Å². The van der Waals surface area contributed by atoms with Crippen LogP contribution in [0.3, 0.4) is 0 Å². The Kier molecular flexibility index (Phi) is 2.23. The quantitative estimate of drug-likeness (QED) is 0.583. The second kappa shape index (κ2) is 3.54. The summed E-state index contributed by atoms with van der Waals surface area (Å²) in [6.45, 7) is 3.24. The predicted octanol–water partition coefficient (Wildman–Crippen LogP) is -0.137. The average molecular weight is 164 g/mol. The SMILES string of the molecule is c1cc[n+](N2CCCNC2)cc1. The number of nitrogens with one attached hydrogen (secondary N) is 1. The van der Waals surface area contributed by atoms with Crippen LogP contribution < -0.4 is 15.0 Å². The van der Waals surface area contributed by atoms with Crippen LogP contribution in [0.15, 0.2) is 30.6 Å². The molecule has 1 aliphatic rings. The minimum absolute atomic E-state index is 0.953. The molecule has 1 N–H and O–H groups in total. The summed E-state index contributed by atoms with van der Waals surface area (Å²) < 4.78 is 2.13. The Morgan fingerprint density at radius 1 is 1.17 bits per heavy atom. The van der Waals surface area contributed by atoms with Gasteiger partial charge in [-0.25, -0.2) is 0 Å². The second-order valence-corrected chi connectivity index (χ2v) is 3.00. The highest BCUT2D eigenvalue weighted by molar-refractivity contribution is 4.86. The van der Waals surface area contributed by atoms with Crippen LogP contribution >= 0.6 is 0 Å². The predicted molar refractivity (Wildman–Crippen MR) is 47.2 cm³/mol. The molecule has 0 bridgehead atoms. The monoisotopic (exact) mass is 164 g/mol. The maximum Gasteiger partial charge on any atom is 0.199 e. The average Bonchev–Trinajstić information content (AvgIpc) is 2.21. The lowest BCUT2D eigenvalue weighted by Gasteiger charge is -2.22. The van der Waals surface area contributed by atoms with Gasteiger partial charge in [-0.05, 0) is 13.0 Å². The lowest BCUT2D eigenvalue weighted by molar-refractivity contribution is -0.694. The molecule has 1 saturated heterocycles. The van der Waals surface area contributed by atoms with Crippen LogP contribution in [-0.4, -0.2) is 19.8 Å². The van der Waals surface area contributed by atoms with Crippen LogP contribution in [0, 0.1) is 0 Å². The summed E-state index contributed by atoms with van der Waals surface area (Å²) in [6, 6.07) is 6.14. The number of hydrogen-bond acceptors (Lipinski definition) is 2. The standard InChI is InChI=1S/C9H14N3/c1-2-6-11(7-3-1)12-8-4-5-10-9-12/h1-3,6-7,10H,4-5,8-9H2/q+1. The van der Waals surface area contributed by atoms with Crippen molar-refractivity contribution in [2.45, 2.75) is 6.42 Å². The van der Waals surface area contributed by atoms with Crippen LogP contribution in [0.1, 0.15) is 6.42 Å². The topological polar surface area (TPSA) is 19.1 Å². The van der Waals surface area contributed by atoms with Crippen LogP contribution in [-0.2, 0) is 0 Å². The molecule has 2 rings (SSSR count). The molecule has 1 aliphatic heterocycles. The third-order valence-electron chi connectivity index (χ3n) is 2.09. The summed E-state index contributed by atoms with van der Waals surface area (Å²) in [7, 11) is 0. The molecule has 1 aromatic heterocycles. The van der Waals surface area contributed by atoms with Gasteiger partial charge in [-0.3, -0.25) is 5.32 Å². The molecule has 3 heteroatoms. The first-order valence-corrected chi connectivity index (χ1v) is 4.39. The Morgan fingerprint density at radius 2 is 2.00 bits per heavy atom. The van der Waals surface area contributed by atoms with E-state index < -0.39 is 0 Å². The van der Waals surface area contributed by atoms with E-state index in [9.17, 15) is 0 Å². The molecule has 64 valence electrons. The van der Waals surface area contributed by atoms with Crippen molar-refractivity contribution in [1.82, 2.24) is 5.32 Å². The van der Waals surface area contributed by atoms with Crippen molar-refractivity contribution >= 4 is 0 Å². The number of pyridine rings is 1. The molecule has 0 atom stereocenters. The highest BCUT2D eigenvalue weighted by Gasteiger charge is 2.14. The molecule has 0 unspecified atom stereocenters. The molecule has 0 aromatic carbocycles. The van der Waals surface area contributed by atoms with Gasteiger partial charge in [0.1, 0.15) is 6.67 Å². The van der Waals surface area contributed by atoms with Crippen molar-refractivity contribution in [2.75, 3.05) is 24.8 Å². The zero-order valence-corrected chi connectivity index (χ0v) is 7.11. The van der Waals surface area contributed by atoms with E-state index in [-0.39, 0.29) is 0 Å². The van der Waals surface area contributed by atoms with Crippen LogP contribution in [0.4, 0.5) is 0 Å². The normalized spacial score (nSPS) is 17.8. The van der Waals surface area contributed by atoms with Gasteiger partial charge in [0.05, 0.1) is 6.54 Å². The van der Waals surface area contributed by atoms with Crippen molar-refractivity contribution in [2.24, 2.45) is 0 Å². The fourth-order valence-electron chi connectivity index (χ4n) is 1.45. The Balaban J connectivity index is 2.08. The van der Waals surface area contributed by atoms with Crippen LogP contribution in [0.5, 0.6) is 0 Å². The van der Waals surface area contributed by atoms with E-state index in [0.29, 0.717) is 0 Å². The molecule has 0 aliphatic carbocycles. The maximum absolute atomic E-state index is 3.34. The van der Waals surface area contributed by atoms with Crippen molar-refractivity contribution in [3.63, 3.8) is 0 Å². The van der Waals surface area contributed by atoms with Gasteiger partial charge in [0.2, 0.25) is 0 Å². The van der Waals surface area contributed by atoms with Gasteiger partial charge in [0.25, 0.3) is 0 Å². The van der Waals surface area contributed by atoms with Gasteiger partial charge in [-0.2, -0.15) is 5.01 Å².